The number of carbonyl (C=O) groups excluding carboxylic acids is 1. The van der Waals surface area contributed by atoms with E-state index in [0.29, 0.717) is 16.9 Å². The number of phenols is 1. The molecule has 1 aliphatic rings. The Labute approximate surface area is 142 Å². The minimum absolute atomic E-state index is 0.119. The Morgan fingerprint density at radius 1 is 1.04 bits per heavy atom. The van der Waals surface area contributed by atoms with E-state index < -0.39 is 5.97 Å². The molecule has 3 aromatic rings. The molecule has 0 amide bonds. The molecule has 0 fully saturated rings. The Morgan fingerprint density at radius 3 is 2.64 bits per heavy atom. The van der Waals surface area contributed by atoms with Crippen molar-refractivity contribution in [2.24, 2.45) is 0 Å². The molecule has 0 bridgehead atoms. The van der Waals surface area contributed by atoms with Crippen LogP contribution < -0.4 is 4.74 Å². The zero-order chi connectivity index (χ0) is 17.6. The molecule has 0 aliphatic carbocycles. The van der Waals surface area contributed by atoms with E-state index in [1.54, 1.807) is 6.07 Å². The summed E-state index contributed by atoms with van der Waals surface area (Å²) in [6.45, 7) is 0. The average Bonchev–Trinajstić information content (AvgIpc) is 2.92. The van der Waals surface area contributed by atoms with Gasteiger partial charge in [-0.15, -0.1) is 0 Å². The molecule has 0 aromatic heterocycles. The summed E-state index contributed by atoms with van der Waals surface area (Å²) in [7, 11) is 0. The quantitative estimate of drug-likeness (QED) is 0.696. The standard InChI is InChI=1S/C20H12O5/c21-15-7-5-11(9-14(15)20(23)24)10-17-19(22)18-13-4-2-1-3-12(13)6-8-16(18)25-17/h1-10,21H,(H,23,24). The van der Waals surface area contributed by atoms with Gasteiger partial charge in [-0.2, -0.15) is 0 Å². The van der Waals surface area contributed by atoms with Crippen molar-refractivity contribution in [1.29, 1.82) is 0 Å². The first-order valence-electron chi connectivity index (χ1n) is 7.57. The molecule has 0 saturated heterocycles. The largest absolute Gasteiger partial charge is 0.507 e. The number of carboxylic acid groups (broad SMARTS) is 1. The number of fused-ring (bicyclic) bond motifs is 3. The van der Waals surface area contributed by atoms with Gasteiger partial charge in [0, 0.05) is 0 Å². The van der Waals surface area contributed by atoms with Crippen LogP contribution in [0.25, 0.3) is 16.8 Å². The lowest BCUT2D eigenvalue weighted by Gasteiger charge is -2.02. The van der Waals surface area contributed by atoms with Crippen LogP contribution in [0.1, 0.15) is 26.3 Å². The monoisotopic (exact) mass is 332 g/mol. The Balaban J connectivity index is 1.80. The maximum absolute atomic E-state index is 12.7. The molecule has 0 atom stereocenters. The van der Waals surface area contributed by atoms with Gasteiger partial charge in [-0.25, -0.2) is 4.79 Å². The van der Waals surface area contributed by atoms with E-state index in [-0.39, 0.29) is 22.9 Å². The summed E-state index contributed by atoms with van der Waals surface area (Å²) in [4.78, 5) is 23.9. The number of hydrogen-bond donors (Lipinski definition) is 2. The zero-order valence-electron chi connectivity index (χ0n) is 12.9. The fourth-order valence-corrected chi connectivity index (χ4v) is 2.92. The highest BCUT2D eigenvalue weighted by atomic mass is 16.5. The van der Waals surface area contributed by atoms with Crippen molar-refractivity contribution in [3.63, 3.8) is 0 Å². The lowest BCUT2D eigenvalue weighted by molar-refractivity contribution is 0.0693. The van der Waals surface area contributed by atoms with Crippen LogP contribution in [0, 0.1) is 0 Å². The van der Waals surface area contributed by atoms with Crippen LogP contribution >= 0.6 is 0 Å². The van der Waals surface area contributed by atoms with Crippen molar-refractivity contribution in [2.45, 2.75) is 0 Å². The molecular formula is C20H12O5. The molecule has 3 aromatic carbocycles. The predicted octanol–water partition coefficient (Wildman–Crippen LogP) is 3.86. The third-order valence-corrected chi connectivity index (χ3v) is 4.11. The van der Waals surface area contributed by atoms with Gasteiger partial charge < -0.3 is 14.9 Å². The van der Waals surface area contributed by atoms with Crippen molar-refractivity contribution < 1.29 is 24.5 Å². The number of Topliss-reactive ketones (excluding diaryl/α,β-unsaturated/α-hetero) is 1. The van der Waals surface area contributed by atoms with Crippen LogP contribution in [0.4, 0.5) is 0 Å². The van der Waals surface area contributed by atoms with Crippen molar-refractivity contribution in [3.8, 4) is 11.5 Å². The van der Waals surface area contributed by atoms with E-state index in [0.717, 1.165) is 10.8 Å². The summed E-state index contributed by atoms with van der Waals surface area (Å²) < 4.78 is 5.66. The Kier molecular flexibility index (Phi) is 3.28. The summed E-state index contributed by atoms with van der Waals surface area (Å²) in [5.74, 6) is -1.23. The highest BCUT2D eigenvalue weighted by molar-refractivity contribution is 6.21. The molecule has 0 spiro atoms. The third-order valence-electron chi connectivity index (χ3n) is 4.11. The SMILES string of the molecule is O=C(O)c1cc(C=C2Oc3ccc4ccccc4c3C2=O)ccc1O. The van der Waals surface area contributed by atoms with Crippen LogP contribution in [-0.4, -0.2) is 22.0 Å². The summed E-state index contributed by atoms with van der Waals surface area (Å²) >= 11 is 0. The van der Waals surface area contributed by atoms with Crippen molar-refractivity contribution in [2.75, 3.05) is 0 Å². The Hall–Kier alpha value is -3.60. The molecular weight excluding hydrogens is 320 g/mol. The van der Waals surface area contributed by atoms with Gasteiger partial charge in [0.25, 0.3) is 0 Å². The zero-order valence-corrected chi connectivity index (χ0v) is 12.9. The number of carboxylic acids is 1. The van der Waals surface area contributed by atoms with Crippen molar-refractivity contribution in [1.82, 2.24) is 0 Å². The molecule has 0 saturated carbocycles. The topological polar surface area (TPSA) is 83.8 Å². The molecule has 25 heavy (non-hydrogen) atoms. The summed E-state index contributed by atoms with van der Waals surface area (Å²) in [6, 6.07) is 15.3. The number of ether oxygens (including phenoxy) is 1. The molecule has 1 aliphatic heterocycles. The third kappa shape index (κ3) is 2.42. The van der Waals surface area contributed by atoms with Gasteiger partial charge in [0.1, 0.15) is 17.1 Å². The van der Waals surface area contributed by atoms with Crippen LogP contribution in [0.15, 0.2) is 60.4 Å². The minimum atomic E-state index is -1.24. The van der Waals surface area contributed by atoms with Gasteiger partial charge >= 0.3 is 5.97 Å². The minimum Gasteiger partial charge on any atom is -0.507 e. The van der Waals surface area contributed by atoms with Gasteiger partial charge in [0.15, 0.2) is 5.76 Å². The summed E-state index contributed by atoms with van der Waals surface area (Å²) in [5, 5.41) is 20.4. The molecule has 2 N–H and O–H groups in total. The van der Waals surface area contributed by atoms with E-state index in [2.05, 4.69) is 0 Å². The second kappa shape index (κ2) is 5.49. The normalized spacial score (nSPS) is 14.6. The Bertz CT molecular complexity index is 1080. The number of allylic oxidation sites excluding steroid dienone is 1. The molecule has 4 rings (SSSR count). The van der Waals surface area contributed by atoms with E-state index in [9.17, 15) is 14.7 Å². The van der Waals surface area contributed by atoms with E-state index in [4.69, 9.17) is 9.84 Å². The van der Waals surface area contributed by atoms with E-state index in [1.807, 2.05) is 30.3 Å². The maximum Gasteiger partial charge on any atom is 0.339 e. The molecule has 5 nitrogen and oxygen atoms in total. The number of carbonyl (C=O) groups is 2. The molecule has 0 radical (unpaired) electrons. The van der Waals surface area contributed by atoms with Gasteiger partial charge in [-0.1, -0.05) is 36.4 Å². The van der Waals surface area contributed by atoms with Gasteiger partial charge in [0.2, 0.25) is 5.78 Å². The van der Waals surface area contributed by atoms with Crippen molar-refractivity contribution >= 4 is 28.6 Å². The number of aromatic hydroxyl groups is 1. The second-order valence-electron chi connectivity index (χ2n) is 5.68. The first kappa shape index (κ1) is 15.0. The van der Waals surface area contributed by atoms with E-state index in [1.165, 1.54) is 24.3 Å². The highest BCUT2D eigenvalue weighted by Crippen LogP contribution is 2.37. The van der Waals surface area contributed by atoms with Gasteiger partial charge in [-0.3, -0.25) is 4.79 Å². The number of benzene rings is 3. The maximum atomic E-state index is 12.7. The van der Waals surface area contributed by atoms with Crippen molar-refractivity contribution in [3.05, 3.63) is 77.0 Å². The molecule has 0 unspecified atom stereocenters. The van der Waals surface area contributed by atoms with E-state index >= 15 is 0 Å². The molecule has 5 heteroatoms. The van der Waals surface area contributed by atoms with Crippen LogP contribution in [0.2, 0.25) is 0 Å². The molecule has 122 valence electrons. The van der Waals surface area contributed by atoms with Gasteiger partial charge in [-0.05, 0) is 40.6 Å². The van der Waals surface area contributed by atoms with Crippen LogP contribution in [0.3, 0.4) is 0 Å². The first-order chi connectivity index (χ1) is 12.0. The fraction of sp³-hybridized carbons (Fsp3) is 0. The average molecular weight is 332 g/mol. The summed E-state index contributed by atoms with van der Waals surface area (Å²) in [6.07, 6.45) is 1.48. The number of aromatic carboxylic acids is 1. The second-order valence-corrected chi connectivity index (χ2v) is 5.68. The molecule has 1 heterocycles. The highest BCUT2D eigenvalue weighted by Gasteiger charge is 2.29. The van der Waals surface area contributed by atoms with Crippen LogP contribution in [0.5, 0.6) is 11.5 Å². The smallest absolute Gasteiger partial charge is 0.339 e. The van der Waals surface area contributed by atoms with Crippen LogP contribution in [-0.2, 0) is 0 Å². The number of hydrogen-bond acceptors (Lipinski definition) is 4. The number of rotatable bonds is 2. The lowest BCUT2D eigenvalue weighted by atomic mass is 10.0. The predicted molar refractivity (Wildman–Crippen MR) is 91.9 cm³/mol. The summed E-state index contributed by atoms with van der Waals surface area (Å²) in [5.41, 5.74) is 0.722. The lowest BCUT2D eigenvalue weighted by Crippen LogP contribution is -2.00. The van der Waals surface area contributed by atoms with Gasteiger partial charge in [0.05, 0.1) is 5.56 Å². The fourth-order valence-electron chi connectivity index (χ4n) is 2.92. The first-order valence-corrected chi connectivity index (χ1v) is 7.57. The number of ketones is 1. The Morgan fingerprint density at radius 2 is 1.84 bits per heavy atom.